The molecule has 164 valence electrons. The number of hydrogen-bond donors (Lipinski definition) is 2. The van der Waals surface area contributed by atoms with Crippen molar-refractivity contribution in [2.75, 3.05) is 45.8 Å². The number of piperazine rings is 1. The highest BCUT2D eigenvalue weighted by atomic mass is 127. The van der Waals surface area contributed by atoms with Gasteiger partial charge in [0.2, 0.25) is 5.91 Å². The number of guanidine groups is 1. The molecule has 1 saturated heterocycles. The Hall–Kier alpha value is -0.940. The van der Waals surface area contributed by atoms with Crippen molar-refractivity contribution >= 4 is 47.2 Å². The fourth-order valence-corrected chi connectivity index (χ4v) is 4.51. The molecule has 2 heterocycles. The first-order valence-corrected chi connectivity index (χ1v) is 11.3. The number of thiazole rings is 1. The number of carbonyl (C=O) groups excluding carboxylic acids is 1. The topological polar surface area (TPSA) is 72.9 Å². The summed E-state index contributed by atoms with van der Waals surface area (Å²) in [5, 5.41) is 7.84. The van der Waals surface area contributed by atoms with E-state index < -0.39 is 0 Å². The summed E-state index contributed by atoms with van der Waals surface area (Å²) in [6.45, 7) is 13.2. The van der Waals surface area contributed by atoms with Gasteiger partial charge in [-0.3, -0.25) is 9.69 Å². The molecule has 0 unspecified atom stereocenters. The number of nitrogens with one attached hydrogen (secondary N) is 2. The molecule has 0 spiro atoms. The Morgan fingerprint density at radius 3 is 2.48 bits per heavy atom. The molecule has 0 atom stereocenters. The van der Waals surface area contributed by atoms with Gasteiger partial charge in [-0.25, -0.2) is 9.98 Å². The van der Waals surface area contributed by atoms with Crippen molar-refractivity contribution in [2.24, 2.45) is 10.9 Å². The molecule has 1 amide bonds. The molecule has 2 aliphatic rings. The third-order valence-corrected chi connectivity index (χ3v) is 6.64. The normalized spacial score (nSPS) is 18.2. The number of carbonyl (C=O) groups is 1. The zero-order valence-corrected chi connectivity index (χ0v) is 21.0. The van der Waals surface area contributed by atoms with Gasteiger partial charge < -0.3 is 15.5 Å². The summed E-state index contributed by atoms with van der Waals surface area (Å²) in [5.74, 6) is 1.56. The average molecular weight is 535 g/mol. The molecular weight excluding hydrogens is 499 g/mol. The number of halogens is 1. The van der Waals surface area contributed by atoms with E-state index in [1.165, 1.54) is 11.3 Å². The molecule has 7 nitrogen and oxygen atoms in total. The number of rotatable bonds is 7. The third-order valence-electron chi connectivity index (χ3n) is 5.58. The van der Waals surface area contributed by atoms with Crippen LogP contribution in [0.3, 0.4) is 0 Å². The monoisotopic (exact) mass is 534 g/mol. The SMILES string of the molecule is CCNC(=NCc1sc(C)nc1C)NCCN1CCN(C(=O)C2CCC2)CC1.I. The highest BCUT2D eigenvalue weighted by Crippen LogP contribution is 2.28. The lowest BCUT2D eigenvalue weighted by atomic mass is 9.84. The summed E-state index contributed by atoms with van der Waals surface area (Å²) in [6.07, 6.45) is 3.41. The molecule has 3 rings (SSSR count). The first-order valence-electron chi connectivity index (χ1n) is 10.5. The molecule has 1 aromatic rings. The minimum absolute atomic E-state index is 0. The van der Waals surface area contributed by atoms with Crippen LogP contribution in [0.2, 0.25) is 0 Å². The van der Waals surface area contributed by atoms with Gasteiger partial charge in [0.05, 0.1) is 17.2 Å². The second-order valence-electron chi connectivity index (χ2n) is 7.66. The van der Waals surface area contributed by atoms with E-state index in [1.807, 2.05) is 13.8 Å². The van der Waals surface area contributed by atoms with Gasteiger partial charge in [0.15, 0.2) is 5.96 Å². The lowest BCUT2D eigenvalue weighted by molar-refractivity contribution is -0.139. The maximum absolute atomic E-state index is 12.3. The van der Waals surface area contributed by atoms with Crippen molar-refractivity contribution in [2.45, 2.75) is 46.6 Å². The van der Waals surface area contributed by atoms with Gasteiger partial charge >= 0.3 is 0 Å². The van der Waals surface area contributed by atoms with Crippen molar-refractivity contribution in [1.29, 1.82) is 0 Å². The molecule has 0 aromatic carbocycles. The van der Waals surface area contributed by atoms with Gasteiger partial charge in [0, 0.05) is 56.6 Å². The lowest BCUT2D eigenvalue weighted by Gasteiger charge is -2.38. The Bertz CT molecular complexity index is 683. The smallest absolute Gasteiger partial charge is 0.225 e. The van der Waals surface area contributed by atoms with E-state index in [0.717, 1.165) is 75.3 Å². The van der Waals surface area contributed by atoms with Crippen LogP contribution in [0.1, 0.15) is 41.8 Å². The van der Waals surface area contributed by atoms with Crippen LogP contribution in [0.4, 0.5) is 0 Å². The van der Waals surface area contributed by atoms with E-state index in [-0.39, 0.29) is 24.0 Å². The van der Waals surface area contributed by atoms with Crippen molar-refractivity contribution in [3.8, 4) is 0 Å². The highest BCUT2D eigenvalue weighted by Gasteiger charge is 2.30. The van der Waals surface area contributed by atoms with Crippen molar-refractivity contribution in [3.63, 3.8) is 0 Å². The Morgan fingerprint density at radius 2 is 1.93 bits per heavy atom. The van der Waals surface area contributed by atoms with Crippen LogP contribution in [0.25, 0.3) is 0 Å². The zero-order valence-electron chi connectivity index (χ0n) is 17.9. The number of hydrogen-bond acceptors (Lipinski definition) is 5. The number of amides is 1. The van der Waals surface area contributed by atoms with E-state index in [1.54, 1.807) is 11.3 Å². The Balaban J connectivity index is 0.00000300. The van der Waals surface area contributed by atoms with Gasteiger partial charge in [0.25, 0.3) is 0 Å². The molecular formula is C20H35IN6OS. The van der Waals surface area contributed by atoms with Gasteiger partial charge in [0.1, 0.15) is 0 Å². The number of aromatic nitrogens is 1. The summed E-state index contributed by atoms with van der Waals surface area (Å²) < 4.78 is 0. The molecule has 29 heavy (non-hydrogen) atoms. The molecule has 2 N–H and O–H groups in total. The fourth-order valence-electron chi connectivity index (χ4n) is 3.65. The van der Waals surface area contributed by atoms with Crippen LogP contribution < -0.4 is 10.6 Å². The molecule has 1 aromatic heterocycles. The number of aliphatic imine (C=N–C) groups is 1. The number of nitrogens with zero attached hydrogens (tertiary/aromatic N) is 4. The van der Waals surface area contributed by atoms with Gasteiger partial charge in [-0.2, -0.15) is 0 Å². The quantitative estimate of drug-likeness (QED) is 0.320. The summed E-state index contributed by atoms with van der Waals surface area (Å²) in [5.41, 5.74) is 1.08. The van der Waals surface area contributed by atoms with Crippen LogP contribution in [-0.4, -0.2) is 72.5 Å². The van der Waals surface area contributed by atoms with Crippen molar-refractivity contribution in [3.05, 3.63) is 15.6 Å². The third kappa shape index (κ3) is 7.06. The van der Waals surface area contributed by atoms with E-state index >= 15 is 0 Å². The molecule has 2 fully saturated rings. The largest absolute Gasteiger partial charge is 0.357 e. The van der Waals surface area contributed by atoms with E-state index in [9.17, 15) is 4.79 Å². The van der Waals surface area contributed by atoms with E-state index in [4.69, 9.17) is 4.99 Å². The van der Waals surface area contributed by atoms with Crippen LogP contribution >= 0.6 is 35.3 Å². The Labute approximate surface area is 195 Å². The zero-order chi connectivity index (χ0) is 19.9. The molecule has 1 aliphatic heterocycles. The van der Waals surface area contributed by atoms with E-state index in [2.05, 4.69) is 32.3 Å². The lowest BCUT2D eigenvalue weighted by Crippen LogP contribution is -2.52. The molecule has 1 aliphatic carbocycles. The maximum Gasteiger partial charge on any atom is 0.225 e. The second-order valence-corrected chi connectivity index (χ2v) is 8.95. The molecule has 1 saturated carbocycles. The van der Waals surface area contributed by atoms with Crippen molar-refractivity contribution in [1.82, 2.24) is 25.4 Å². The van der Waals surface area contributed by atoms with Crippen LogP contribution in [0, 0.1) is 19.8 Å². The predicted octanol–water partition coefficient (Wildman–Crippen LogP) is 2.38. The summed E-state index contributed by atoms with van der Waals surface area (Å²) in [6, 6.07) is 0. The maximum atomic E-state index is 12.3. The Kier molecular flexibility index (Phi) is 10.1. The van der Waals surface area contributed by atoms with Crippen molar-refractivity contribution < 1.29 is 4.79 Å². The summed E-state index contributed by atoms with van der Waals surface area (Å²) in [7, 11) is 0. The fraction of sp³-hybridized carbons (Fsp3) is 0.750. The molecule has 9 heteroatoms. The Morgan fingerprint density at radius 1 is 1.21 bits per heavy atom. The minimum Gasteiger partial charge on any atom is -0.357 e. The van der Waals surface area contributed by atoms with Gasteiger partial charge in [-0.05, 0) is 33.6 Å². The molecule has 0 radical (unpaired) electrons. The molecule has 0 bridgehead atoms. The summed E-state index contributed by atoms with van der Waals surface area (Å²) in [4.78, 5) is 27.2. The van der Waals surface area contributed by atoms with Crippen LogP contribution in [0.5, 0.6) is 0 Å². The highest BCUT2D eigenvalue weighted by molar-refractivity contribution is 14.0. The standard InChI is InChI=1S/C20H34N6OS.HI/c1-4-21-20(23-14-18-15(2)24-16(3)28-18)22-8-9-25-10-12-26(13-11-25)19(27)17-6-5-7-17;/h17H,4-14H2,1-3H3,(H2,21,22,23);1H. The minimum atomic E-state index is 0. The average Bonchev–Trinajstić information content (AvgIpc) is 2.96. The second kappa shape index (κ2) is 12.0. The first kappa shape index (κ1) is 24.3. The van der Waals surface area contributed by atoms with Gasteiger partial charge in [-0.15, -0.1) is 35.3 Å². The first-order chi connectivity index (χ1) is 13.6. The van der Waals surface area contributed by atoms with E-state index in [0.29, 0.717) is 18.4 Å². The number of aryl methyl sites for hydroxylation is 2. The van der Waals surface area contributed by atoms with Crippen LogP contribution in [0.15, 0.2) is 4.99 Å². The summed E-state index contributed by atoms with van der Waals surface area (Å²) >= 11 is 1.72. The van der Waals surface area contributed by atoms with Crippen LogP contribution in [-0.2, 0) is 11.3 Å². The predicted molar refractivity (Wildman–Crippen MR) is 130 cm³/mol. The van der Waals surface area contributed by atoms with Gasteiger partial charge in [-0.1, -0.05) is 6.42 Å².